The Bertz CT molecular complexity index is 1050. The maximum atomic E-state index is 13.1. The van der Waals surface area contributed by atoms with Gasteiger partial charge in [0.25, 0.3) is 5.56 Å². The number of benzene rings is 1. The quantitative estimate of drug-likeness (QED) is 0.690. The third-order valence-electron chi connectivity index (χ3n) is 4.77. The van der Waals surface area contributed by atoms with Crippen molar-refractivity contribution in [1.82, 2.24) is 15.2 Å². The minimum Gasteiger partial charge on any atom is -0.284 e. The van der Waals surface area contributed by atoms with Gasteiger partial charge in [0.15, 0.2) is 5.13 Å². The van der Waals surface area contributed by atoms with Crippen LogP contribution in [0.25, 0.3) is 10.8 Å². The van der Waals surface area contributed by atoms with E-state index in [0.29, 0.717) is 23.0 Å². The molecule has 0 radical (unpaired) electrons. The van der Waals surface area contributed by atoms with Crippen LogP contribution in [0, 0.1) is 0 Å². The number of carbonyl (C=O) groups excluding carboxylic acids is 1. The average molecular weight is 380 g/mol. The van der Waals surface area contributed by atoms with Crippen LogP contribution in [0.2, 0.25) is 0 Å². The summed E-state index contributed by atoms with van der Waals surface area (Å²) < 4.78 is 0. The van der Waals surface area contributed by atoms with Crippen molar-refractivity contribution in [2.45, 2.75) is 32.1 Å². The number of aryl methyl sites for hydroxylation is 2. The van der Waals surface area contributed by atoms with Gasteiger partial charge in [-0.05, 0) is 31.7 Å². The monoisotopic (exact) mass is 380 g/mol. The second kappa shape index (κ2) is 7.44. The highest BCUT2D eigenvalue weighted by atomic mass is 32.1. The summed E-state index contributed by atoms with van der Waals surface area (Å²) in [6.45, 7) is 4.17. The molecule has 1 amide bonds. The zero-order chi connectivity index (χ0) is 18.8. The molecule has 2 aromatic heterocycles. The first-order valence-electron chi connectivity index (χ1n) is 9.03. The van der Waals surface area contributed by atoms with Gasteiger partial charge in [-0.1, -0.05) is 24.3 Å². The lowest BCUT2D eigenvalue weighted by atomic mass is 10.0. The average Bonchev–Trinajstić information content (AvgIpc) is 3.12. The molecule has 0 saturated heterocycles. The summed E-state index contributed by atoms with van der Waals surface area (Å²) in [6.07, 6.45) is 6.14. The van der Waals surface area contributed by atoms with E-state index in [1.807, 2.05) is 12.1 Å². The van der Waals surface area contributed by atoms with Crippen LogP contribution < -0.4 is 10.5 Å². The van der Waals surface area contributed by atoms with Gasteiger partial charge in [-0.25, -0.2) is 10.1 Å². The predicted molar refractivity (Wildman–Crippen MR) is 107 cm³/mol. The molecule has 3 aromatic rings. The van der Waals surface area contributed by atoms with E-state index in [0.717, 1.165) is 30.1 Å². The molecule has 1 aromatic carbocycles. The number of aromatic amines is 1. The van der Waals surface area contributed by atoms with Gasteiger partial charge in [-0.2, -0.15) is 5.10 Å². The van der Waals surface area contributed by atoms with Gasteiger partial charge in [-0.15, -0.1) is 17.9 Å². The van der Waals surface area contributed by atoms with Crippen molar-refractivity contribution in [2.75, 3.05) is 11.4 Å². The zero-order valence-electron chi connectivity index (χ0n) is 14.9. The lowest BCUT2D eigenvalue weighted by molar-refractivity contribution is -0.117. The maximum Gasteiger partial charge on any atom is 0.272 e. The van der Waals surface area contributed by atoms with E-state index in [1.165, 1.54) is 11.3 Å². The molecule has 0 atom stereocenters. The Morgan fingerprint density at radius 2 is 2.04 bits per heavy atom. The molecule has 6 nitrogen and oxygen atoms in total. The Morgan fingerprint density at radius 3 is 2.81 bits per heavy atom. The molecule has 1 aliphatic carbocycles. The van der Waals surface area contributed by atoms with Crippen LogP contribution in [-0.4, -0.2) is 27.6 Å². The number of H-pyrrole nitrogens is 1. The number of aromatic nitrogens is 3. The fraction of sp³-hybridized carbons (Fsp3) is 0.300. The van der Waals surface area contributed by atoms with Crippen LogP contribution in [0.5, 0.6) is 0 Å². The molecule has 0 bridgehead atoms. The first kappa shape index (κ1) is 17.6. The maximum absolute atomic E-state index is 13.1. The van der Waals surface area contributed by atoms with Gasteiger partial charge in [0.05, 0.1) is 23.2 Å². The number of hydrogen-bond donors (Lipinski definition) is 1. The Labute approximate surface area is 160 Å². The highest BCUT2D eigenvalue weighted by Gasteiger charge is 2.23. The summed E-state index contributed by atoms with van der Waals surface area (Å²) in [4.78, 5) is 32.7. The summed E-state index contributed by atoms with van der Waals surface area (Å²) in [5.74, 6) is -0.106. The second-order valence-corrected chi connectivity index (χ2v) is 7.65. The van der Waals surface area contributed by atoms with E-state index >= 15 is 0 Å². The van der Waals surface area contributed by atoms with E-state index in [1.54, 1.807) is 34.4 Å². The summed E-state index contributed by atoms with van der Waals surface area (Å²) >= 11 is 1.60. The smallest absolute Gasteiger partial charge is 0.272 e. The van der Waals surface area contributed by atoms with E-state index in [-0.39, 0.29) is 17.9 Å². The molecule has 138 valence electrons. The number of thiazole rings is 1. The molecule has 0 unspecified atom stereocenters. The second-order valence-electron chi connectivity index (χ2n) is 6.59. The molecular formula is C20H20N4O2S. The van der Waals surface area contributed by atoms with Gasteiger partial charge in [0.2, 0.25) is 5.91 Å². The lowest BCUT2D eigenvalue weighted by Crippen LogP contribution is -2.33. The molecule has 2 heterocycles. The van der Waals surface area contributed by atoms with Crippen molar-refractivity contribution in [3.8, 4) is 0 Å². The summed E-state index contributed by atoms with van der Waals surface area (Å²) in [5, 5.41) is 8.57. The molecule has 1 aliphatic rings. The van der Waals surface area contributed by atoms with Crippen LogP contribution in [0.4, 0.5) is 5.13 Å². The number of fused-ring (bicyclic) bond motifs is 2. The van der Waals surface area contributed by atoms with E-state index in [9.17, 15) is 9.59 Å². The molecule has 4 rings (SSSR count). The molecule has 27 heavy (non-hydrogen) atoms. The molecule has 0 spiro atoms. The largest absolute Gasteiger partial charge is 0.284 e. The third kappa shape index (κ3) is 3.42. The Kier molecular flexibility index (Phi) is 4.85. The number of amides is 1. The number of nitrogens with zero attached hydrogens (tertiary/aromatic N) is 3. The van der Waals surface area contributed by atoms with Crippen molar-refractivity contribution >= 4 is 33.1 Å². The summed E-state index contributed by atoms with van der Waals surface area (Å²) in [5.41, 5.74) is 1.43. The van der Waals surface area contributed by atoms with Crippen LogP contribution in [-0.2, 0) is 24.1 Å². The van der Waals surface area contributed by atoms with Crippen molar-refractivity contribution in [3.63, 3.8) is 0 Å². The SMILES string of the molecule is C=CCN(C(=O)Cc1n[nH]c(=O)c2ccccc12)c1nc2c(s1)CCCC2. The first-order chi connectivity index (χ1) is 13.2. The van der Waals surface area contributed by atoms with Gasteiger partial charge < -0.3 is 0 Å². The molecule has 0 fully saturated rings. The van der Waals surface area contributed by atoms with Crippen molar-refractivity contribution in [3.05, 3.63) is 63.5 Å². The minimum atomic E-state index is -0.252. The standard InChI is InChI=1S/C20H20N4O2S/c1-2-11-24(20-21-15-9-5-6-10-17(15)27-20)18(25)12-16-13-7-3-4-8-14(13)19(26)23-22-16/h2-4,7-8H,1,5-6,9-12H2,(H,23,26). The Hall–Kier alpha value is -2.80. The van der Waals surface area contributed by atoms with Gasteiger partial charge >= 0.3 is 0 Å². The third-order valence-corrected chi connectivity index (χ3v) is 5.95. The van der Waals surface area contributed by atoms with Crippen LogP contribution >= 0.6 is 11.3 Å². The van der Waals surface area contributed by atoms with E-state index in [4.69, 9.17) is 4.98 Å². The molecule has 0 saturated carbocycles. The molecular weight excluding hydrogens is 360 g/mol. The summed E-state index contributed by atoms with van der Waals surface area (Å²) in [6, 6.07) is 7.20. The fourth-order valence-electron chi connectivity index (χ4n) is 3.41. The van der Waals surface area contributed by atoms with Crippen molar-refractivity contribution < 1.29 is 4.79 Å². The predicted octanol–water partition coefficient (Wildman–Crippen LogP) is 3.02. The van der Waals surface area contributed by atoms with Crippen LogP contribution in [0.3, 0.4) is 0 Å². The van der Waals surface area contributed by atoms with Gasteiger partial charge in [0, 0.05) is 16.8 Å². The van der Waals surface area contributed by atoms with Crippen molar-refractivity contribution in [2.24, 2.45) is 0 Å². The fourth-order valence-corrected chi connectivity index (χ4v) is 4.59. The molecule has 7 heteroatoms. The number of hydrogen-bond acceptors (Lipinski definition) is 5. The van der Waals surface area contributed by atoms with Gasteiger partial charge in [-0.3, -0.25) is 14.5 Å². The molecule has 0 aliphatic heterocycles. The van der Waals surface area contributed by atoms with Crippen molar-refractivity contribution in [1.29, 1.82) is 0 Å². The number of carbonyl (C=O) groups is 1. The van der Waals surface area contributed by atoms with E-state index in [2.05, 4.69) is 16.8 Å². The number of rotatable bonds is 5. The number of nitrogens with one attached hydrogen (secondary N) is 1. The topological polar surface area (TPSA) is 79.0 Å². The Balaban J connectivity index is 1.66. The first-order valence-corrected chi connectivity index (χ1v) is 9.85. The summed E-state index contributed by atoms with van der Waals surface area (Å²) in [7, 11) is 0. The molecule has 1 N–H and O–H groups in total. The minimum absolute atomic E-state index is 0.0926. The highest BCUT2D eigenvalue weighted by molar-refractivity contribution is 7.16. The highest BCUT2D eigenvalue weighted by Crippen LogP contribution is 2.32. The van der Waals surface area contributed by atoms with Crippen LogP contribution in [0.15, 0.2) is 41.7 Å². The normalized spacial score (nSPS) is 13.3. The van der Waals surface area contributed by atoms with Crippen LogP contribution in [0.1, 0.15) is 29.1 Å². The Morgan fingerprint density at radius 1 is 1.26 bits per heavy atom. The van der Waals surface area contributed by atoms with E-state index < -0.39 is 0 Å². The van der Waals surface area contributed by atoms with Gasteiger partial charge in [0.1, 0.15) is 0 Å². The zero-order valence-corrected chi connectivity index (χ0v) is 15.7. The lowest BCUT2D eigenvalue weighted by Gasteiger charge is -2.18. The number of anilines is 1.